The molecule has 252 valence electrons. The van der Waals surface area contributed by atoms with Crippen molar-refractivity contribution in [3.8, 4) is 11.1 Å². The maximum Gasteiger partial charge on any atom is 0.407 e. The molecule has 4 aromatic carbocycles. The number of ether oxygens (including phenoxy) is 3. The molecule has 3 N–H and O–H groups in total. The minimum absolute atomic E-state index is 0.00872. The first-order chi connectivity index (χ1) is 23.3. The van der Waals surface area contributed by atoms with Gasteiger partial charge in [0.05, 0.1) is 24.9 Å². The van der Waals surface area contributed by atoms with Gasteiger partial charge < -0.3 is 29.7 Å². The second-order valence-electron chi connectivity index (χ2n) is 12.4. The number of likely N-dealkylation sites (N-methyl/N-ethyl adjacent to an activating group) is 1. The molecular formula is C40H46N2O6. The Labute approximate surface area is 283 Å². The number of carbonyl (C=O) groups excluding carboxylic acids is 1. The van der Waals surface area contributed by atoms with Crippen LogP contribution in [-0.2, 0) is 27.4 Å². The Balaban J connectivity index is 1.33. The molecule has 1 fully saturated rings. The molecule has 0 radical (unpaired) electrons. The van der Waals surface area contributed by atoms with E-state index in [1.54, 1.807) is 0 Å². The van der Waals surface area contributed by atoms with Gasteiger partial charge in [0, 0.05) is 30.6 Å². The quantitative estimate of drug-likeness (QED) is 0.133. The third-order valence-electron chi connectivity index (χ3n) is 9.10. The fourth-order valence-electron chi connectivity index (χ4n) is 6.00. The van der Waals surface area contributed by atoms with Gasteiger partial charge in [0.2, 0.25) is 0 Å². The average molecular weight is 651 g/mol. The van der Waals surface area contributed by atoms with Crippen molar-refractivity contribution in [2.24, 2.45) is 5.92 Å². The van der Waals surface area contributed by atoms with Gasteiger partial charge in [-0.05, 0) is 53.4 Å². The third kappa shape index (κ3) is 8.78. The van der Waals surface area contributed by atoms with Crippen LogP contribution in [-0.4, -0.2) is 53.6 Å². The Hall–Kier alpha value is -4.31. The summed E-state index contributed by atoms with van der Waals surface area (Å²) in [7, 11) is 2.02. The summed E-state index contributed by atoms with van der Waals surface area (Å²) in [5, 5.41) is 23.5. The van der Waals surface area contributed by atoms with Crippen molar-refractivity contribution < 1.29 is 29.2 Å². The predicted octanol–water partition coefficient (Wildman–Crippen LogP) is 7.10. The lowest BCUT2D eigenvalue weighted by molar-refractivity contribution is -0.276. The Morgan fingerprint density at radius 2 is 1.65 bits per heavy atom. The minimum atomic E-state index is -0.642. The van der Waals surface area contributed by atoms with E-state index in [2.05, 4.69) is 35.9 Å². The molecular weight excluding hydrogens is 604 g/mol. The zero-order valence-corrected chi connectivity index (χ0v) is 27.9. The summed E-state index contributed by atoms with van der Waals surface area (Å²) in [5.74, 6) is 0.00872. The molecule has 4 aromatic rings. The second kappa shape index (κ2) is 16.7. The molecule has 48 heavy (non-hydrogen) atoms. The molecule has 0 aromatic heterocycles. The first-order valence-corrected chi connectivity index (χ1v) is 16.4. The average Bonchev–Trinajstić information content (AvgIpc) is 3.13. The Kier molecular flexibility index (Phi) is 12.2. The normalized spacial score (nSPS) is 20.5. The minimum Gasteiger partial charge on any atom is -0.445 e. The molecule has 8 nitrogen and oxygen atoms in total. The Morgan fingerprint density at radius 3 is 2.33 bits per heavy atom. The molecule has 1 amide bonds. The van der Waals surface area contributed by atoms with Crippen LogP contribution < -0.4 is 5.32 Å². The molecule has 1 aliphatic heterocycles. The second-order valence-corrected chi connectivity index (χ2v) is 12.4. The standard InChI is InChI=1S/C40H46N2O6/c1-5-22-46-40(45)41-24-30-10-9-13-35(23-30)31-18-20-34(21-19-31)39-47-36(25-42(4)28(3)37(44)32-11-7-6-8-12-32)27(2)38(48-39)33-16-14-29(26-43)15-17-33/h5-21,23,27-28,36-39,43-44H,1,22,24-26H2,2-4H3,(H,41,45)/t27-,28+,36+,37+,38+,39+/m1/s1. The van der Waals surface area contributed by atoms with Gasteiger partial charge in [0.25, 0.3) is 0 Å². The van der Waals surface area contributed by atoms with Gasteiger partial charge in [-0.15, -0.1) is 0 Å². The van der Waals surface area contributed by atoms with Gasteiger partial charge in [-0.25, -0.2) is 4.79 Å². The molecule has 0 saturated carbocycles. The van der Waals surface area contributed by atoms with Crippen LogP contribution in [0.25, 0.3) is 11.1 Å². The fraction of sp³-hybridized carbons (Fsp3) is 0.325. The van der Waals surface area contributed by atoms with Crippen LogP contribution in [0.4, 0.5) is 4.79 Å². The zero-order chi connectivity index (χ0) is 34.0. The Morgan fingerprint density at radius 1 is 0.938 bits per heavy atom. The fourth-order valence-corrected chi connectivity index (χ4v) is 6.00. The predicted molar refractivity (Wildman–Crippen MR) is 187 cm³/mol. The smallest absolute Gasteiger partial charge is 0.407 e. The van der Waals surface area contributed by atoms with E-state index in [-0.39, 0.29) is 37.4 Å². The summed E-state index contributed by atoms with van der Waals surface area (Å²) in [6, 6.07) is 33.6. The van der Waals surface area contributed by atoms with Gasteiger partial charge >= 0.3 is 6.09 Å². The van der Waals surface area contributed by atoms with Gasteiger partial charge in [-0.1, -0.05) is 117 Å². The SMILES string of the molecule is C=CCOC(=O)NCc1cccc(-c2ccc([C@H]3O[C@@H](CN(C)[C@@H](C)[C@H](O)c4ccccc4)[C@@H](C)[C@@H](c4ccc(CO)cc4)O3)cc2)c1. The van der Waals surface area contributed by atoms with Gasteiger partial charge in [0.15, 0.2) is 6.29 Å². The van der Waals surface area contributed by atoms with Crippen molar-refractivity contribution >= 4 is 6.09 Å². The van der Waals surface area contributed by atoms with E-state index in [1.165, 1.54) is 6.08 Å². The molecule has 8 heteroatoms. The van der Waals surface area contributed by atoms with Crippen LogP contribution in [0.5, 0.6) is 0 Å². The third-order valence-corrected chi connectivity index (χ3v) is 9.10. The molecule has 0 bridgehead atoms. The van der Waals surface area contributed by atoms with Gasteiger partial charge in [-0.2, -0.15) is 0 Å². The molecule has 1 aliphatic rings. The number of aliphatic hydroxyl groups excluding tert-OH is 2. The number of benzene rings is 4. The molecule has 0 spiro atoms. The van der Waals surface area contributed by atoms with E-state index in [4.69, 9.17) is 14.2 Å². The van der Waals surface area contributed by atoms with Crippen molar-refractivity contribution in [1.29, 1.82) is 0 Å². The molecule has 0 unspecified atom stereocenters. The lowest BCUT2D eigenvalue weighted by Gasteiger charge is -2.43. The van der Waals surface area contributed by atoms with Gasteiger partial charge in [-0.3, -0.25) is 4.90 Å². The van der Waals surface area contributed by atoms with E-state index in [0.717, 1.165) is 38.9 Å². The lowest BCUT2D eigenvalue weighted by atomic mass is 9.89. The van der Waals surface area contributed by atoms with Crippen LogP contribution in [0.15, 0.2) is 116 Å². The first kappa shape index (κ1) is 35.0. The summed E-state index contributed by atoms with van der Waals surface area (Å²) in [5.41, 5.74) is 6.64. The van der Waals surface area contributed by atoms with Crippen LogP contribution >= 0.6 is 0 Å². The topological polar surface area (TPSA) is 100 Å². The number of hydrogen-bond acceptors (Lipinski definition) is 7. The maximum absolute atomic E-state index is 11.9. The summed E-state index contributed by atoms with van der Waals surface area (Å²) in [6.45, 7) is 8.82. The van der Waals surface area contributed by atoms with Crippen LogP contribution in [0.1, 0.15) is 60.2 Å². The summed E-state index contributed by atoms with van der Waals surface area (Å²) >= 11 is 0. The van der Waals surface area contributed by atoms with E-state index < -0.39 is 18.5 Å². The van der Waals surface area contributed by atoms with Crippen LogP contribution in [0, 0.1) is 5.92 Å². The van der Waals surface area contributed by atoms with E-state index in [1.807, 2.05) is 105 Å². The number of rotatable bonds is 13. The molecule has 1 heterocycles. The Bertz CT molecular complexity index is 1610. The molecule has 0 aliphatic carbocycles. The van der Waals surface area contributed by atoms with Crippen molar-refractivity contribution in [3.63, 3.8) is 0 Å². The number of alkyl carbamates (subject to hydrolysis) is 1. The molecule has 6 atom stereocenters. The lowest BCUT2D eigenvalue weighted by Crippen LogP contribution is -2.46. The van der Waals surface area contributed by atoms with Crippen molar-refractivity contribution in [2.45, 2.75) is 57.6 Å². The number of aliphatic hydroxyl groups is 2. The number of nitrogens with one attached hydrogen (secondary N) is 1. The first-order valence-electron chi connectivity index (χ1n) is 16.4. The van der Waals surface area contributed by atoms with Gasteiger partial charge in [0.1, 0.15) is 6.61 Å². The van der Waals surface area contributed by atoms with Crippen molar-refractivity contribution in [3.05, 3.63) is 144 Å². The highest BCUT2D eigenvalue weighted by Gasteiger charge is 2.39. The number of nitrogens with zero attached hydrogens (tertiary/aromatic N) is 1. The van der Waals surface area contributed by atoms with Crippen LogP contribution in [0.2, 0.25) is 0 Å². The van der Waals surface area contributed by atoms with Crippen molar-refractivity contribution in [2.75, 3.05) is 20.2 Å². The monoisotopic (exact) mass is 650 g/mol. The highest BCUT2D eigenvalue weighted by molar-refractivity contribution is 5.68. The highest BCUT2D eigenvalue weighted by atomic mass is 16.7. The zero-order valence-electron chi connectivity index (χ0n) is 27.9. The summed E-state index contributed by atoms with van der Waals surface area (Å²) in [4.78, 5) is 14.0. The van der Waals surface area contributed by atoms with E-state index >= 15 is 0 Å². The largest absolute Gasteiger partial charge is 0.445 e. The molecule has 5 rings (SSSR count). The van der Waals surface area contributed by atoms with Crippen LogP contribution in [0.3, 0.4) is 0 Å². The summed E-state index contributed by atoms with van der Waals surface area (Å²) < 4.78 is 18.4. The summed E-state index contributed by atoms with van der Waals surface area (Å²) in [6.07, 6.45) is -0.643. The molecule has 1 saturated heterocycles. The number of hydrogen-bond donors (Lipinski definition) is 3. The van der Waals surface area contributed by atoms with E-state index in [9.17, 15) is 15.0 Å². The van der Waals surface area contributed by atoms with E-state index in [0.29, 0.717) is 13.1 Å². The number of amides is 1. The maximum atomic E-state index is 11.9. The highest BCUT2D eigenvalue weighted by Crippen LogP contribution is 2.42. The van der Waals surface area contributed by atoms with Crippen molar-refractivity contribution in [1.82, 2.24) is 10.2 Å². The number of carbonyl (C=O) groups is 1.